The summed E-state index contributed by atoms with van der Waals surface area (Å²) in [5.74, 6) is 0.616. The Morgan fingerprint density at radius 2 is 1.73 bits per heavy atom. The minimum Gasteiger partial charge on any atom is -0.494 e. The number of halogens is 1. The third kappa shape index (κ3) is 8.08. The zero-order valence-corrected chi connectivity index (χ0v) is 20.4. The number of rotatable bonds is 10. The quantitative estimate of drug-likeness (QED) is 0.455. The molecule has 33 heavy (non-hydrogen) atoms. The van der Waals surface area contributed by atoms with Crippen molar-refractivity contribution in [3.8, 4) is 5.75 Å². The lowest BCUT2D eigenvalue weighted by Crippen LogP contribution is -2.50. The number of hydrogen-bond donors (Lipinski definition) is 1. The molecule has 0 unspecified atom stereocenters. The van der Waals surface area contributed by atoms with Crippen molar-refractivity contribution in [2.75, 3.05) is 6.61 Å². The van der Waals surface area contributed by atoms with Gasteiger partial charge in [0.1, 0.15) is 11.8 Å². The van der Waals surface area contributed by atoms with Crippen LogP contribution in [0.5, 0.6) is 5.75 Å². The number of amides is 2. The molecule has 0 radical (unpaired) electrons. The van der Waals surface area contributed by atoms with Crippen LogP contribution >= 0.6 is 11.6 Å². The van der Waals surface area contributed by atoms with Crippen LogP contribution in [0.1, 0.15) is 63.0 Å². The van der Waals surface area contributed by atoms with E-state index in [-0.39, 0.29) is 17.9 Å². The zero-order chi connectivity index (χ0) is 23.6. The first-order valence-corrected chi connectivity index (χ1v) is 12.3. The molecule has 0 aromatic heterocycles. The Morgan fingerprint density at radius 1 is 1.06 bits per heavy atom. The molecule has 1 aliphatic rings. The van der Waals surface area contributed by atoms with E-state index in [2.05, 4.69) is 5.32 Å². The molecule has 3 rings (SSSR count). The minimum atomic E-state index is -0.530. The van der Waals surface area contributed by atoms with E-state index in [1.807, 2.05) is 50.2 Å². The van der Waals surface area contributed by atoms with Crippen LogP contribution in [-0.4, -0.2) is 35.4 Å². The molecule has 2 aromatic carbocycles. The Hall–Kier alpha value is -2.53. The molecular formula is C27H35ClN2O3. The standard InChI is InChI=1S/C27H35ClN2O3/c1-20-10-12-22(13-11-20)19-30(21(2)27(32)29-24-7-4-3-5-8-24)26(31)9-6-18-33-25-16-14-23(28)15-17-25/h10-17,21,24H,3-9,18-19H2,1-2H3,(H,29,32)/t21-/m1/s1. The number of hydrogen-bond acceptors (Lipinski definition) is 3. The number of benzene rings is 2. The molecule has 0 bridgehead atoms. The monoisotopic (exact) mass is 470 g/mol. The van der Waals surface area contributed by atoms with Crippen molar-refractivity contribution in [1.29, 1.82) is 0 Å². The molecule has 1 saturated carbocycles. The second-order valence-corrected chi connectivity index (χ2v) is 9.37. The van der Waals surface area contributed by atoms with E-state index in [1.165, 1.54) is 12.0 Å². The fourth-order valence-electron chi connectivity index (χ4n) is 4.13. The van der Waals surface area contributed by atoms with Crippen LogP contribution in [0.2, 0.25) is 5.02 Å². The average Bonchev–Trinajstić information content (AvgIpc) is 2.82. The van der Waals surface area contributed by atoms with Gasteiger partial charge in [-0.25, -0.2) is 0 Å². The maximum absolute atomic E-state index is 13.2. The maximum Gasteiger partial charge on any atom is 0.242 e. The highest BCUT2D eigenvalue weighted by molar-refractivity contribution is 6.30. The lowest BCUT2D eigenvalue weighted by Gasteiger charge is -2.31. The second-order valence-electron chi connectivity index (χ2n) is 8.93. The molecular weight excluding hydrogens is 436 g/mol. The smallest absolute Gasteiger partial charge is 0.242 e. The largest absolute Gasteiger partial charge is 0.494 e. The third-order valence-electron chi connectivity index (χ3n) is 6.21. The third-order valence-corrected chi connectivity index (χ3v) is 6.46. The van der Waals surface area contributed by atoms with Gasteiger partial charge >= 0.3 is 0 Å². The summed E-state index contributed by atoms with van der Waals surface area (Å²) in [6.45, 7) is 4.70. The number of nitrogens with zero attached hydrogens (tertiary/aromatic N) is 1. The molecule has 2 aromatic rings. The summed E-state index contributed by atoms with van der Waals surface area (Å²) in [5.41, 5.74) is 2.18. The molecule has 0 aliphatic heterocycles. The molecule has 0 saturated heterocycles. The van der Waals surface area contributed by atoms with Crippen molar-refractivity contribution in [3.05, 3.63) is 64.7 Å². The average molecular weight is 471 g/mol. The highest BCUT2D eigenvalue weighted by Gasteiger charge is 2.27. The summed E-state index contributed by atoms with van der Waals surface area (Å²) in [7, 11) is 0. The molecule has 6 heteroatoms. The number of carbonyl (C=O) groups excluding carboxylic acids is 2. The van der Waals surface area contributed by atoms with Crippen molar-refractivity contribution in [2.24, 2.45) is 0 Å². The van der Waals surface area contributed by atoms with Gasteiger partial charge in [-0.1, -0.05) is 60.7 Å². The fourth-order valence-corrected chi connectivity index (χ4v) is 4.26. The predicted molar refractivity (Wildman–Crippen MR) is 132 cm³/mol. The van der Waals surface area contributed by atoms with E-state index in [1.54, 1.807) is 17.0 Å². The van der Waals surface area contributed by atoms with Crippen LogP contribution in [0.3, 0.4) is 0 Å². The molecule has 1 aliphatic carbocycles. The molecule has 1 N–H and O–H groups in total. The van der Waals surface area contributed by atoms with Crippen LogP contribution in [0, 0.1) is 6.92 Å². The fraction of sp³-hybridized carbons (Fsp3) is 0.481. The van der Waals surface area contributed by atoms with Gasteiger partial charge in [0.15, 0.2) is 0 Å². The van der Waals surface area contributed by atoms with Gasteiger partial charge in [-0.15, -0.1) is 0 Å². The van der Waals surface area contributed by atoms with Gasteiger partial charge in [0.2, 0.25) is 11.8 Å². The van der Waals surface area contributed by atoms with Gasteiger partial charge < -0.3 is 15.0 Å². The SMILES string of the molecule is Cc1ccc(CN(C(=O)CCCOc2ccc(Cl)cc2)[C@H](C)C(=O)NC2CCCCC2)cc1. The number of ether oxygens (including phenoxy) is 1. The van der Waals surface area contributed by atoms with E-state index >= 15 is 0 Å². The molecule has 1 fully saturated rings. The molecule has 2 amide bonds. The first kappa shape index (κ1) is 25.1. The second kappa shape index (κ2) is 12.6. The summed E-state index contributed by atoms with van der Waals surface area (Å²) in [5, 5.41) is 3.83. The van der Waals surface area contributed by atoms with Crippen molar-refractivity contribution in [3.63, 3.8) is 0 Å². The Kier molecular flexibility index (Phi) is 9.61. The van der Waals surface area contributed by atoms with E-state index in [0.29, 0.717) is 31.0 Å². The lowest BCUT2D eigenvalue weighted by molar-refractivity contribution is -0.141. The zero-order valence-electron chi connectivity index (χ0n) is 19.7. The van der Waals surface area contributed by atoms with E-state index in [9.17, 15) is 9.59 Å². The first-order valence-electron chi connectivity index (χ1n) is 12.0. The molecule has 178 valence electrons. The van der Waals surface area contributed by atoms with E-state index in [0.717, 1.165) is 37.0 Å². The molecule has 5 nitrogen and oxygen atoms in total. The summed E-state index contributed by atoms with van der Waals surface area (Å²) < 4.78 is 5.72. The minimum absolute atomic E-state index is 0.0402. The summed E-state index contributed by atoms with van der Waals surface area (Å²) in [4.78, 5) is 27.9. The predicted octanol–water partition coefficient (Wildman–Crippen LogP) is 5.67. The number of aryl methyl sites for hydroxylation is 1. The normalized spacial score (nSPS) is 15.0. The molecule has 1 atom stereocenters. The van der Waals surface area contributed by atoms with Crippen LogP contribution in [-0.2, 0) is 16.1 Å². The van der Waals surface area contributed by atoms with Crippen LogP contribution in [0.25, 0.3) is 0 Å². The summed E-state index contributed by atoms with van der Waals surface area (Å²) >= 11 is 5.90. The highest BCUT2D eigenvalue weighted by atomic mass is 35.5. The first-order chi connectivity index (χ1) is 15.9. The Bertz CT molecular complexity index is 893. The van der Waals surface area contributed by atoms with Crippen LogP contribution < -0.4 is 10.1 Å². The van der Waals surface area contributed by atoms with E-state index < -0.39 is 6.04 Å². The van der Waals surface area contributed by atoms with Crippen LogP contribution in [0.4, 0.5) is 0 Å². The van der Waals surface area contributed by atoms with Gasteiger partial charge in [-0.2, -0.15) is 0 Å². The van der Waals surface area contributed by atoms with Gasteiger partial charge in [0.25, 0.3) is 0 Å². The highest BCUT2D eigenvalue weighted by Crippen LogP contribution is 2.19. The maximum atomic E-state index is 13.2. The Labute approximate surface area is 202 Å². The van der Waals surface area contributed by atoms with Crippen molar-refractivity contribution >= 4 is 23.4 Å². The number of nitrogens with one attached hydrogen (secondary N) is 1. The molecule has 0 spiro atoms. The summed E-state index contributed by atoms with van der Waals surface area (Å²) in [6, 6.07) is 15.0. The van der Waals surface area contributed by atoms with Gasteiger partial charge in [0.05, 0.1) is 6.61 Å². The lowest BCUT2D eigenvalue weighted by atomic mass is 9.95. The van der Waals surface area contributed by atoms with Gasteiger partial charge in [-0.3, -0.25) is 9.59 Å². The molecule has 0 heterocycles. The van der Waals surface area contributed by atoms with Crippen molar-refractivity contribution < 1.29 is 14.3 Å². The number of carbonyl (C=O) groups is 2. The van der Waals surface area contributed by atoms with Gasteiger partial charge in [0, 0.05) is 24.0 Å². The van der Waals surface area contributed by atoms with Crippen molar-refractivity contribution in [1.82, 2.24) is 10.2 Å². The van der Waals surface area contributed by atoms with Gasteiger partial charge in [-0.05, 0) is 62.9 Å². The van der Waals surface area contributed by atoms with Crippen molar-refractivity contribution in [2.45, 2.75) is 77.4 Å². The Balaban J connectivity index is 1.59. The van der Waals surface area contributed by atoms with Crippen LogP contribution in [0.15, 0.2) is 48.5 Å². The van der Waals surface area contributed by atoms with E-state index in [4.69, 9.17) is 16.3 Å². The summed E-state index contributed by atoms with van der Waals surface area (Å²) in [6.07, 6.45) is 6.47. The topological polar surface area (TPSA) is 58.6 Å². The Morgan fingerprint density at radius 3 is 2.39 bits per heavy atom.